The van der Waals surface area contributed by atoms with Crippen LogP contribution < -0.4 is 16.0 Å². The van der Waals surface area contributed by atoms with E-state index in [0.29, 0.717) is 13.0 Å². The number of nitrogens with one attached hydrogen (secondary N) is 3. The Balaban J connectivity index is 1.51. The van der Waals surface area contributed by atoms with E-state index in [2.05, 4.69) is 22.0 Å². The average Bonchev–Trinajstić information content (AvgIpc) is 3.08. The van der Waals surface area contributed by atoms with Gasteiger partial charge in [-0.05, 0) is 55.0 Å². The van der Waals surface area contributed by atoms with Crippen LogP contribution in [0.3, 0.4) is 0 Å². The van der Waals surface area contributed by atoms with Crippen molar-refractivity contribution in [3.63, 3.8) is 0 Å². The van der Waals surface area contributed by atoms with Crippen molar-refractivity contribution in [1.29, 1.82) is 0 Å². The van der Waals surface area contributed by atoms with Gasteiger partial charge < -0.3 is 16.0 Å². The summed E-state index contributed by atoms with van der Waals surface area (Å²) in [5, 5.41) is 11.1. The highest BCUT2D eigenvalue weighted by atomic mass is 32.1. The zero-order valence-electron chi connectivity index (χ0n) is 13.6. The van der Waals surface area contributed by atoms with Crippen LogP contribution in [0.5, 0.6) is 0 Å². The molecule has 0 fully saturated rings. The van der Waals surface area contributed by atoms with E-state index in [4.69, 9.17) is 0 Å². The summed E-state index contributed by atoms with van der Waals surface area (Å²) in [6, 6.07) is 9.55. The lowest BCUT2D eigenvalue weighted by molar-refractivity contribution is -0.121. The highest BCUT2D eigenvalue weighted by Crippen LogP contribution is 2.25. The first kappa shape index (κ1) is 16.5. The van der Waals surface area contributed by atoms with Crippen LogP contribution in [0.15, 0.2) is 35.7 Å². The second-order valence-electron chi connectivity index (χ2n) is 5.91. The molecule has 0 saturated heterocycles. The van der Waals surface area contributed by atoms with E-state index in [1.54, 1.807) is 11.3 Å². The van der Waals surface area contributed by atoms with Crippen molar-refractivity contribution in [1.82, 2.24) is 5.32 Å². The molecule has 5 nitrogen and oxygen atoms in total. The van der Waals surface area contributed by atoms with E-state index in [-0.39, 0.29) is 17.9 Å². The van der Waals surface area contributed by atoms with E-state index in [1.165, 1.54) is 4.88 Å². The van der Waals surface area contributed by atoms with Gasteiger partial charge in [-0.15, -0.1) is 11.3 Å². The van der Waals surface area contributed by atoms with Gasteiger partial charge >= 0.3 is 0 Å². The Kier molecular flexibility index (Phi) is 5.15. The number of thiophene rings is 1. The van der Waals surface area contributed by atoms with Crippen LogP contribution in [0.2, 0.25) is 0 Å². The molecule has 2 heterocycles. The third kappa shape index (κ3) is 4.14. The highest BCUT2D eigenvalue weighted by Gasteiger charge is 2.16. The van der Waals surface area contributed by atoms with E-state index in [1.807, 2.05) is 36.6 Å². The van der Waals surface area contributed by atoms with Crippen LogP contribution in [0.25, 0.3) is 0 Å². The fourth-order valence-corrected chi connectivity index (χ4v) is 3.41. The van der Waals surface area contributed by atoms with Gasteiger partial charge in [0.1, 0.15) is 6.04 Å². The first-order valence-electron chi connectivity index (χ1n) is 8.11. The molecular weight excluding hydrogens is 322 g/mol. The molecule has 1 atom stereocenters. The standard InChI is InChI=1S/C18H21N3O2S/c1-12(18(23)19-9-8-15-3-2-10-24-15)20-14-5-6-16-13(11-14)4-7-17(22)21-16/h2-3,5-6,10-12,20H,4,7-9H2,1H3,(H,19,23)(H,21,22)/t12-/m1/s1. The summed E-state index contributed by atoms with van der Waals surface area (Å²) in [4.78, 5) is 24.8. The molecule has 0 radical (unpaired) electrons. The minimum atomic E-state index is -0.315. The SMILES string of the molecule is C[C@@H](Nc1ccc2c(c1)CCC(=O)N2)C(=O)NCCc1cccs1. The van der Waals surface area contributed by atoms with Crippen LogP contribution in [-0.2, 0) is 22.4 Å². The molecule has 0 saturated carbocycles. The minimum Gasteiger partial charge on any atom is -0.374 e. The Morgan fingerprint density at radius 1 is 1.33 bits per heavy atom. The Morgan fingerprint density at radius 3 is 3.00 bits per heavy atom. The number of hydrogen-bond acceptors (Lipinski definition) is 4. The highest BCUT2D eigenvalue weighted by molar-refractivity contribution is 7.09. The molecule has 3 rings (SSSR count). The first-order valence-corrected chi connectivity index (χ1v) is 8.99. The van der Waals surface area contributed by atoms with Gasteiger partial charge in [0.15, 0.2) is 0 Å². The number of fused-ring (bicyclic) bond motifs is 1. The number of amides is 2. The maximum atomic E-state index is 12.2. The third-order valence-electron chi connectivity index (χ3n) is 4.03. The van der Waals surface area contributed by atoms with Crippen LogP contribution in [0.1, 0.15) is 23.8 Å². The molecular formula is C18H21N3O2S. The number of aryl methyl sites for hydroxylation is 1. The molecule has 1 aromatic carbocycles. The molecule has 2 aromatic rings. The van der Waals surface area contributed by atoms with Gasteiger partial charge in [0.2, 0.25) is 11.8 Å². The van der Waals surface area contributed by atoms with Gasteiger partial charge in [-0.2, -0.15) is 0 Å². The monoisotopic (exact) mass is 343 g/mol. The summed E-state index contributed by atoms with van der Waals surface area (Å²) in [6.07, 6.45) is 2.10. The molecule has 24 heavy (non-hydrogen) atoms. The molecule has 1 aromatic heterocycles. The summed E-state index contributed by atoms with van der Waals surface area (Å²) in [6.45, 7) is 2.49. The van der Waals surface area contributed by atoms with Crippen LogP contribution in [-0.4, -0.2) is 24.4 Å². The summed E-state index contributed by atoms with van der Waals surface area (Å²) in [5.41, 5.74) is 2.86. The van der Waals surface area contributed by atoms with E-state index >= 15 is 0 Å². The summed E-state index contributed by atoms with van der Waals surface area (Å²) >= 11 is 1.70. The zero-order valence-corrected chi connectivity index (χ0v) is 14.4. The topological polar surface area (TPSA) is 70.2 Å². The molecule has 1 aliphatic rings. The van der Waals surface area contributed by atoms with Crippen molar-refractivity contribution in [2.75, 3.05) is 17.2 Å². The van der Waals surface area contributed by atoms with Crippen molar-refractivity contribution in [2.45, 2.75) is 32.2 Å². The fourth-order valence-electron chi connectivity index (χ4n) is 2.71. The van der Waals surface area contributed by atoms with E-state index in [0.717, 1.165) is 29.8 Å². The smallest absolute Gasteiger partial charge is 0.242 e. The molecule has 0 unspecified atom stereocenters. The van der Waals surface area contributed by atoms with Crippen molar-refractivity contribution >= 4 is 34.5 Å². The maximum Gasteiger partial charge on any atom is 0.242 e. The number of rotatable bonds is 6. The van der Waals surface area contributed by atoms with Crippen LogP contribution in [0.4, 0.5) is 11.4 Å². The second kappa shape index (κ2) is 7.49. The third-order valence-corrected chi connectivity index (χ3v) is 4.96. The van der Waals surface area contributed by atoms with E-state index in [9.17, 15) is 9.59 Å². The molecule has 6 heteroatoms. The molecule has 0 bridgehead atoms. The Morgan fingerprint density at radius 2 is 2.21 bits per heavy atom. The molecule has 126 valence electrons. The van der Waals surface area contributed by atoms with Crippen molar-refractivity contribution < 1.29 is 9.59 Å². The predicted molar refractivity (Wildman–Crippen MR) is 97.5 cm³/mol. The summed E-state index contributed by atoms with van der Waals surface area (Å²) in [7, 11) is 0. The molecule has 0 spiro atoms. The zero-order chi connectivity index (χ0) is 16.9. The van der Waals surface area contributed by atoms with Crippen molar-refractivity contribution in [3.05, 3.63) is 46.2 Å². The number of carbonyl (C=O) groups is 2. The summed E-state index contributed by atoms with van der Waals surface area (Å²) < 4.78 is 0. The normalized spacial score (nSPS) is 14.5. The van der Waals surface area contributed by atoms with Gasteiger partial charge in [0.25, 0.3) is 0 Å². The summed E-state index contributed by atoms with van der Waals surface area (Å²) in [5.74, 6) is 0.0410. The number of anilines is 2. The predicted octanol–water partition coefficient (Wildman–Crippen LogP) is 2.79. The first-order chi connectivity index (χ1) is 11.6. The van der Waals surface area contributed by atoms with Gasteiger partial charge in [-0.3, -0.25) is 9.59 Å². The Hall–Kier alpha value is -2.34. The second-order valence-corrected chi connectivity index (χ2v) is 6.94. The lowest BCUT2D eigenvalue weighted by Crippen LogP contribution is -2.38. The lowest BCUT2D eigenvalue weighted by Gasteiger charge is -2.20. The molecule has 3 N–H and O–H groups in total. The molecule has 0 aliphatic carbocycles. The minimum absolute atomic E-state index is 0.0161. The van der Waals surface area contributed by atoms with Crippen LogP contribution in [0, 0.1) is 0 Å². The van der Waals surface area contributed by atoms with Gasteiger partial charge in [-0.25, -0.2) is 0 Å². The lowest BCUT2D eigenvalue weighted by atomic mass is 10.0. The number of hydrogen-bond donors (Lipinski definition) is 3. The van der Waals surface area contributed by atoms with E-state index < -0.39 is 0 Å². The Labute approximate surface area is 145 Å². The fraction of sp³-hybridized carbons (Fsp3) is 0.333. The number of benzene rings is 1. The van der Waals surface area contributed by atoms with Gasteiger partial charge in [0, 0.05) is 29.2 Å². The average molecular weight is 343 g/mol. The van der Waals surface area contributed by atoms with Crippen LogP contribution >= 0.6 is 11.3 Å². The number of carbonyl (C=O) groups excluding carboxylic acids is 2. The van der Waals surface area contributed by atoms with Crippen molar-refractivity contribution in [2.24, 2.45) is 0 Å². The molecule has 2 amide bonds. The van der Waals surface area contributed by atoms with Gasteiger partial charge in [-0.1, -0.05) is 6.07 Å². The van der Waals surface area contributed by atoms with Crippen molar-refractivity contribution in [3.8, 4) is 0 Å². The quantitative estimate of drug-likeness (QED) is 0.755. The Bertz CT molecular complexity index is 728. The largest absolute Gasteiger partial charge is 0.374 e. The van der Waals surface area contributed by atoms with Gasteiger partial charge in [0.05, 0.1) is 0 Å². The maximum absolute atomic E-state index is 12.2. The molecule has 1 aliphatic heterocycles.